The van der Waals surface area contributed by atoms with Crippen LogP contribution < -0.4 is 0 Å². The quantitative estimate of drug-likeness (QED) is 0.433. The van der Waals surface area contributed by atoms with E-state index in [0.717, 1.165) is 19.4 Å². The molecule has 5 atom stereocenters. The minimum absolute atomic E-state index is 0.0918. The molecule has 0 amide bonds. The minimum Gasteiger partial charge on any atom is -0.463 e. The summed E-state index contributed by atoms with van der Waals surface area (Å²) in [5.74, 6) is -2.66. The molecule has 10 nitrogen and oxygen atoms in total. The Morgan fingerprint density at radius 2 is 1.32 bits per heavy atom. The molecule has 10 heteroatoms. The van der Waals surface area contributed by atoms with Gasteiger partial charge >= 0.3 is 23.9 Å². The highest BCUT2D eigenvalue weighted by molar-refractivity contribution is 5.68. The van der Waals surface area contributed by atoms with Gasteiger partial charge in [0, 0.05) is 27.7 Å². The van der Waals surface area contributed by atoms with Crippen LogP contribution in [0.1, 0.15) is 33.3 Å². The number of carbonyl (C=O) groups is 4. The molecule has 1 aromatic rings. The molecule has 0 radical (unpaired) electrons. The van der Waals surface area contributed by atoms with Crippen LogP contribution in [0.3, 0.4) is 0 Å². The molecule has 0 saturated carbocycles. The fourth-order valence-corrected chi connectivity index (χ4v) is 3.08. The van der Waals surface area contributed by atoms with Crippen molar-refractivity contribution in [2.24, 2.45) is 0 Å². The topological polar surface area (TPSA) is 124 Å². The molecular weight excluding hydrogens is 412 g/mol. The van der Waals surface area contributed by atoms with Crippen LogP contribution in [0.25, 0.3) is 0 Å². The maximum absolute atomic E-state index is 11.8. The van der Waals surface area contributed by atoms with Crippen molar-refractivity contribution in [1.82, 2.24) is 0 Å². The monoisotopic (exact) mass is 438 g/mol. The molecule has 1 heterocycles. The largest absolute Gasteiger partial charge is 0.463 e. The maximum atomic E-state index is 11.8. The van der Waals surface area contributed by atoms with Gasteiger partial charge in [0.15, 0.2) is 24.6 Å². The molecule has 1 aromatic carbocycles. The van der Waals surface area contributed by atoms with Gasteiger partial charge in [0.25, 0.3) is 0 Å². The third-order valence-corrected chi connectivity index (χ3v) is 4.21. The molecule has 1 saturated heterocycles. The van der Waals surface area contributed by atoms with Gasteiger partial charge in [0.2, 0.25) is 0 Å². The zero-order chi connectivity index (χ0) is 23.0. The Morgan fingerprint density at radius 3 is 1.87 bits per heavy atom. The summed E-state index contributed by atoms with van der Waals surface area (Å²) in [4.78, 5) is 46.5. The Bertz CT molecular complexity index is 778. The highest BCUT2D eigenvalue weighted by Gasteiger charge is 2.52. The number of rotatable bonds is 8. The first kappa shape index (κ1) is 24.3. The van der Waals surface area contributed by atoms with Crippen molar-refractivity contribution in [1.29, 1.82) is 0 Å². The van der Waals surface area contributed by atoms with Crippen molar-refractivity contribution in [3.63, 3.8) is 0 Å². The Morgan fingerprint density at radius 1 is 0.774 bits per heavy atom. The van der Waals surface area contributed by atoms with Gasteiger partial charge in [-0.2, -0.15) is 0 Å². The second kappa shape index (κ2) is 11.4. The minimum atomic E-state index is -1.25. The first-order valence-corrected chi connectivity index (χ1v) is 9.63. The molecule has 1 aliphatic rings. The summed E-state index contributed by atoms with van der Waals surface area (Å²) in [5.41, 5.74) is 0.815. The van der Waals surface area contributed by atoms with E-state index in [4.69, 9.17) is 28.4 Å². The summed E-state index contributed by atoms with van der Waals surface area (Å²) in [6.07, 6.45) is -5.92. The van der Waals surface area contributed by atoms with Crippen molar-refractivity contribution >= 4 is 23.9 Å². The van der Waals surface area contributed by atoms with Crippen LogP contribution in [0.4, 0.5) is 0 Å². The molecule has 0 aromatic heterocycles. The van der Waals surface area contributed by atoms with E-state index in [0.29, 0.717) is 0 Å². The lowest BCUT2D eigenvalue weighted by Gasteiger charge is -2.44. The number of esters is 4. The van der Waals surface area contributed by atoms with Crippen LogP contribution in [-0.2, 0) is 54.2 Å². The lowest BCUT2D eigenvalue weighted by molar-refractivity contribution is -0.310. The van der Waals surface area contributed by atoms with Crippen LogP contribution in [0, 0.1) is 0 Å². The van der Waals surface area contributed by atoms with Crippen molar-refractivity contribution in [3.05, 3.63) is 35.9 Å². The van der Waals surface area contributed by atoms with Crippen LogP contribution in [-0.4, -0.2) is 61.2 Å². The fraction of sp³-hybridized carbons (Fsp3) is 0.524. The third-order valence-electron chi connectivity index (χ3n) is 4.21. The predicted molar refractivity (Wildman–Crippen MR) is 103 cm³/mol. The Hall–Kier alpha value is -2.98. The number of hydrogen-bond acceptors (Lipinski definition) is 10. The molecule has 31 heavy (non-hydrogen) atoms. The highest BCUT2D eigenvalue weighted by Crippen LogP contribution is 2.30. The Labute approximate surface area is 179 Å². The molecule has 1 aliphatic heterocycles. The van der Waals surface area contributed by atoms with Crippen LogP contribution in [0.15, 0.2) is 30.3 Å². The molecule has 0 unspecified atom stereocenters. The summed E-state index contributed by atoms with van der Waals surface area (Å²) in [7, 11) is 0. The van der Waals surface area contributed by atoms with Crippen molar-refractivity contribution in [2.45, 2.75) is 65.0 Å². The van der Waals surface area contributed by atoms with Gasteiger partial charge in [-0.15, -0.1) is 0 Å². The molecule has 0 bridgehead atoms. The van der Waals surface area contributed by atoms with E-state index in [-0.39, 0.29) is 13.2 Å². The molecule has 2 rings (SSSR count). The van der Waals surface area contributed by atoms with Gasteiger partial charge in [-0.05, 0) is 5.56 Å². The zero-order valence-electron chi connectivity index (χ0n) is 17.8. The van der Waals surface area contributed by atoms with Crippen LogP contribution in [0.2, 0.25) is 0 Å². The lowest BCUT2D eigenvalue weighted by Crippen LogP contribution is -2.62. The van der Waals surface area contributed by atoms with Crippen LogP contribution in [0.5, 0.6) is 0 Å². The smallest absolute Gasteiger partial charge is 0.303 e. The van der Waals surface area contributed by atoms with Gasteiger partial charge in [-0.3, -0.25) is 19.2 Å². The van der Waals surface area contributed by atoms with E-state index in [2.05, 4.69) is 0 Å². The number of ether oxygens (including phenoxy) is 6. The molecule has 1 fully saturated rings. The SMILES string of the molecule is CC(=O)OC[C@@H]1O[C@@H](OCc2ccccc2)[C@@H](OC(C)=O)[C@@H](OC(C)=O)[C@H]1OC(C)=O. The van der Waals surface area contributed by atoms with Crippen LogP contribution >= 0.6 is 0 Å². The van der Waals surface area contributed by atoms with E-state index < -0.39 is 54.6 Å². The third kappa shape index (κ3) is 7.65. The van der Waals surface area contributed by atoms with Gasteiger partial charge < -0.3 is 28.4 Å². The molecular formula is C21H26O10. The number of hydrogen-bond donors (Lipinski definition) is 0. The second-order valence-electron chi connectivity index (χ2n) is 6.86. The molecule has 0 spiro atoms. The second-order valence-corrected chi connectivity index (χ2v) is 6.86. The summed E-state index contributed by atoms with van der Waals surface area (Å²) < 4.78 is 32.6. The van der Waals surface area contributed by atoms with Gasteiger partial charge in [-0.25, -0.2) is 0 Å². The fourth-order valence-electron chi connectivity index (χ4n) is 3.08. The van der Waals surface area contributed by atoms with E-state index in [1.54, 1.807) is 0 Å². The number of benzene rings is 1. The summed E-state index contributed by atoms with van der Waals surface area (Å²) in [6.45, 7) is 4.49. The maximum Gasteiger partial charge on any atom is 0.303 e. The average molecular weight is 438 g/mol. The van der Waals surface area contributed by atoms with E-state index in [1.165, 1.54) is 13.8 Å². The van der Waals surface area contributed by atoms with E-state index in [9.17, 15) is 19.2 Å². The average Bonchev–Trinajstić information content (AvgIpc) is 2.68. The van der Waals surface area contributed by atoms with Gasteiger partial charge in [0.1, 0.15) is 12.7 Å². The van der Waals surface area contributed by atoms with Gasteiger partial charge in [0.05, 0.1) is 6.61 Å². The highest BCUT2D eigenvalue weighted by atomic mass is 16.7. The first-order valence-electron chi connectivity index (χ1n) is 9.63. The van der Waals surface area contributed by atoms with Gasteiger partial charge in [-0.1, -0.05) is 30.3 Å². The predicted octanol–water partition coefficient (Wildman–Crippen LogP) is 1.29. The van der Waals surface area contributed by atoms with E-state index in [1.807, 2.05) is 30.3 Å². The summed E-state index contributed by atoms with van der Waals surface area (Å²) in [6, 6.07) is 9.14. The lowest BCUT2D eigenvalue weighted by atomic mass is 9.98. The van der Waals surface area contributed by atoms with Crippen molar-refractivity contribution in [3.8, 4) is 0 Å². The Kier molecular flexibility index (Phi) is 8.95. The van der Waals surface area contributed by atoms with Crippen molar-refractivity contribution in [2.75, 3.05) is 6.61 Å². The molecule has 170 valence electrons. The summed E-state index contributed by atoms with van der Waals surface area (Å²) >= 11 is 0. The normalized spacial score (nSPS) is 25.2. The summed E-state index contributed by atoms with van der Waals surface area (Å²) in [5, 5.41) is 0. The number of carbonyl (C=O) groups excluding carboxylic acids is 4. The standard InChI is InChI=1S/C21H26O10/c1-12(22)26-11-17-18(28-13(2)23)19(29-14(3)24)20(30-15(4)25)21(31-17)27-10-16-8-6-5-7-9-16/h5-9,17-21H,10-11H2,1-4H3/t17-,18-,19-,20-,21+/m0/s1. The molecule has 0 N–H and O–H groups in total. The Balaban J connectivity index is 2.35. The zero-order valence-corrected chi connectivity index (χ0v) is 17.8. The molecule has 0 aliphatic carbocycles. The first-order chi connectivity index (χ1) is 14.7. The van der Waals surface area contributed by atoms with Crippen molar-refractivity contribution < 1.29 is 47.6 Å². The van der Waals surface area contributed by atoms with E-state index >= 15 is 0 Å².